The van der Waals surface area contributed by atoms with Crippen molar-refractivity contribution in [2.24, 2.45) is 7.05 Å². The van der Waals surface area contributed by atoms with E-state index in [-0.39, 0.29) is 11.7 Å². The summed E-state index contributed by atoms with van der Waals surface area (Å²) in [5.74, 6) is 0. The van der Waals surface area contributed by atoms with Gasteiger partial charge in [0.15, 0.2) is 10.8 Å². The third-order valence-electron chi connectivity index (χ3n) is 4.84. The van der Waals surface area contributed by atoms with E-state index in [0.29, 0.717) is 6.54 Å². The zero-order valence-electron chi connectivity index (χ0n) is 13.7. The van der Waals surface area contributed by atoms with Crippen LogP contribution < -0.4 is 4.90 Å². The van der Waals surface area contributed by atoms with Crippen molar-refractivity contribution in [2.75, 3.05) is 31.6 Å². The van der Waals surface area contributed by atoms with Gasteiger partial charge in [0.2, 0.25) is 0 Å². The molecule has 2 fully saturated rings. The topological polar surface area (TPSA) is 63.5 Å². The molecule has 0 saturated carbocycles. The van der Waals surface area contributed by atoms with Crippen LogP contribution in [0.1, 0.15) is 25.0 Å². The van der Waals surface area contributed by atoms with Gasteiger partial charge >= 0.3 is 6.09 Å². The highest BCUT2D eigenvalue weighted by Crippen LogP contribution is 2.36. The lowest BCUT2D eigenvalue weighted by molar-refractivity contribution is 0.0473. The van der Waals surface area contributed by atoms with Crippen molar-refractivity contribution in [3.8, 4) is 0 Å². The van der Waals surface area contributed by atoms with Crippen LogP contribution in [0.25, 0.3) is 10.3 Å². The van der Waals surface area contributed by atoms with Gasteiger partial charge in [-0.3, -0.25) is 0 Å². The molecule has 23 heavy (non-hydrogen) atoms. The molecule has 0 radical (unpaired) electrons. The van der Waals surface area contributed by atoms with Crippen LogP contribution in [0, 0.1) is 6.92 Å². The molecule has 124 valence electrons. The van der Waals surface area contributed by atoms with Gasteiger partial charge in [-0.15, -0.1) is 0 Å². The first kappa shape index (κ1) is 14.7. The second-order valence-corrected chi connectivity index (χ2v) is 7.58. The van der Waals surface area contributed by atoms with Crippen LogP contribution in [0.2, 0.25) is 0 Å². The molecular formula is C15H21N5O2S. The third kappa shape index (κ3) is 2.36. The molecule has 2 saturated heterocycles. The molecule has 2 aromatic heterocycles. The minimum atomic E-state index is -0.311. The van der Waals surface area contributed by atoms with E-state index >= 15 is 0 Å². The fourth-order valence-corrected chi connectivity index (χ4v) is 4.70. The molecule has 8 heteroatoms. The van der Waals surface area contributed by atoms with E-state index in [1.54, 1.807) is 16.2 Å². The maximum atomic E-state index is 11.7. The molecule has 1 amide bonds. The van der Waals surface area contributed by atoms with Gasteiger partial charge in [0.25, 0.3) is 0 Å². The Labute approximate surface area is 138 Å². The summed E-state index contributed by atoms with van der Waals surface area (Å²) in [4.78, 5) is 20.5. The molecule has 2 aliphatic rings. The van der Waals surface area contributed by atoms with Crippen LogP contribution in [-0.2, 0) is 11.8 Å². The average molecular weight is 335 g/mol. The second kappa shape index (κ2) is 5.09. The Morgan fingerprint density at radius 3 is 2.78 bits per heavy atom. The van der Waals surface area contributed by atoms with E-state index in [1.807, 2.05) is 25.7 Å². The van der Waals surface area contributed by atoms with Crippen LogP contribution in [0.15, 0.2) is 0 Å². The Balaban J connectivity index is 1.56. The van der Waals surface area contributed by atoms with E-state index in [4.69, 9.17) is 9.72 Å². The highest BCUT2D eigenvalue weighted by Gasteiger charge is 2.44. The number of carbonyl (C=O) groups excluding carboxylic acids is 1. The summed E-state index contributed by atoms with van der Waals surface area (Å²) >= 11 is 1.71. The van der Waals surface area contributed by atoms with Crippen molar-refractivity contribution < 1.29 is 9.53 Å². The first-order valence-electron chi connectivity index (χ1n) is 7.97. The number of hydrogen-bond donors (Lipinski definition) is 0. The highest BCUT2D eigenvalue weighted by atomic mass is 32.1. The predicted molar refractivity (Wildman–Crippen MR) is 89.0 cm³/mol. The minimum absolute atomic E-state index is 0.194. The largest absolute Gasteiger partial charge is 0.441 e. The molecule has 0 N–H and O–H groups in total. The van der Waals surface area contributed by atoms with Crippen molar-refractivity contribution in [2.45, 2.75) is 31.8 Å². The SMILES string of the molecule is Cc1nn(C)c2nc(N3CCC[C@]4(CC3)CN(C)C(=O)O4)sc12. The number of carbonyl (C=O) groups is 1. The summed E-state index contributed by atoms with van der Waals surface area (Å²) in [5, 5.41) is 5.46. The van der Waals surface area contributed by atoms with E-state index in [0.717, 1.165) is 53.5 Å². The fourth-order valence-electron chi connectivity index (χ4n) is 3.62. The lowest BCUT2D eigenvalue weighted by Gasteiger charge is -2.25. The van der Waals surface area contributed by atoms with Crippen LogP contribution in [-0.4, -0.2) is 58.0 Å². The standard InChI is InChI=1S/C15H21N5O2S/c1-10-11-12(19(3)17-10)16-13(23-11)20-7-4-5-15(6-8-20)9-18(2)14(21)22-15/h4-9H2,1-3H3/t15-/m0/s1. The van der Waals surface area contributed by atoms with Gasteiger partial charge in [-0.05, 0) is 19.8 Å². The molecule has 0 unspecified atom stereocenters. The summed E-state index contributed by atoms with van der Waals surface area (Å²) in [6, 6.07) is 0. The van der Waals surface area contributed by atoms with Gasteiger partial charge in [0, 0.05) is 33.6 Å². The molecule has 7 nitrogen and oxygen atoms in total. The van der Waals surface area contributed by atoms with Crippen molar-refractivity contribution in [3.05, 3.63) is 5.69 Å². The summed E-state index contributed by atoms with van der Waals surface area (Å²) in [7, 11) is 3.74. The van der Waals surface area contributed by atoms with Gasteiger partial charge in [-0.1, -0.05) is 11.3 Å². The molecule has 1 spiro atoms. The van der Waals surface area contributed by atoms with Gasteiger partial charge in [0.1, 0.15) is 5.60 Å². The lowest BCUT2D eigenvalue weighted by atomic mass is 9.95. The Bertz CT molecular complexity index is 735. The van der Waals surface area contributed by atoms with Gasteiger partial charge in [0.05, 0.1) is 16.9 Å². The van der Waals surface area contributed by atoms with Gasteiger partial charge in [-0.2, -0.15) is 5.10 Å². The van der Waals surface area contributed by atoms with Crippen LogP contribution in [0.3, 0.4) is 0 Å². The molecule has 0 aromatic carbocycles. The number of hydrogen-bond acceptors (Lipinski definition) is 6. The summed E-state index contributed by atoms with van der Waals surface area (Å²) in [6.45, 7) is 4.54. The van der Waals surface area contributed by atoms with Crippen LogP contribution in [0.5, 0.6) is 0 Å². The highest BCUT2D eigenvalue weighted by molar-refractivity contribution is 7.22. The number of likely N-dealkylation sites (N-methyl/N-ethyl adjacent to an activating group) is 1. The maximum Gasteiger partial charge on any atom is 0.410 e. The monoisotopic (exact) mass is 335 g/mol. The van der Waals surface area contributed by atoms with Gasteiger partial charge in [-0.25, -0.2) is 14.5 Å². The number of ether oxygens (including phenoxy) is 1. The number of aromatic nitrogens is 3. The molecule has 2 aliphatic heterocycles. The van der Waals surface area contributed by atoms with Crippen molar-refractivity contribution in [1.29, 1.82) is 0 Å². The maximum absolute atomic E-state index is 11.7. The number of nitrogens with zero attached hydrogens (tertiary/aromatic N) is 5. The number of thiazole rings is 1. The van der Waals surface area contributed by atoms with Crippen LogP contribution >= 0.6 is 11.3 Å². The Morgan fingerprint density at radius 2 is 2.09 bits per heavy atom. The predicted octanol–water partition coefficient (Wildman–Crippen LogP) is 2.15. The summed E-state index contributed by atoms with van der Waals surface area (Å²) < 4.78 is 8.68. The minimum Gasteiger partial charge on any atom is -0.441 e. The molecular weight excluding hydrogens is 314 g/mol. The number of rotatable bonds is 1. The zero-order chi connectivity index (χ0) is 16.2. The normalized spacial score (nSPS) is 25.4. The number of fused-ring (bicyclic) bond motifs is 1. The first-order valence-corrected chi connectivity index (χ1v) is 8.78. The van der Waals surface area contributed by atoms with Crippen molar-refractivity contribution in [3.63, 3.8) is 0 Å². The first-order chi connectivity index (χ1) is 11.0. The van der Waals surface area contributed by atoms with E-state index in [2.05, 4.69) is 10.00 Å². The van der Waals surface area contributed by atoms with Crippen molar-refractivity contribution >= 4 is 32.9 Å². The second-order valence-electron chi connectivity index (χ2n) is 6.61. The lowest BCUT2D eigenvalue weighted by Crippen LogP contribution is -2.35. The van der Waals surface area contributed by atoms with Gasteiger partial charge < -0.3 is 14.5 Å². The van der Waals surface area contributed by atoms with E-state index in [1.165, 1.54) is 0 Å². The van der Waals surface area contributed by atoms with Crippen LogP contribution in [0.4, 0.5) is 9.93 Å². The van der Waals surface area contributed by atoms with E-state index < -0.39 is 0 Å². The Morgan fingerprint density at radius 1 is 1.26 bits per heavy atom. The average Bonchev–Trinajstić information content (AvgIpc) is 3.07. The molecule has 1 atom stereocenters. The number of aryl methyl sites for hydroxylation is 2. The van der Waals surface area contributed by atoms with E-state index in [9.17, 15) is 4.79 Å². The summed E-state index contributed by atoms with van der Waals surface area (Å²) in [6.07, 6.45) is 2.59. The zero-order valence-corrected chi connectivity index (χ0v) is 14.5. The molecule has 4 heterocycles. The molecule has 2 aromatic rings. The summed E-state index contributed by atoms with van der Waals surface area (Å²) in [5.41, 5.74) is 1.67. The molecule has 0 aliphatic carbocycles. The Hall–Kier alpha value is -1.83. The molecule has 0 bridgehead atoms. The molecule has 4 rings (SSSR count). The number of anilines is 1. The third-order valence-corrected chi connectivity index (χ3v) is 6.06. The quantitative estimate of drug-likeness (QED) is 0.799. The smallest absolute Gasteiger partial charge is 0.410 e. The van der Waals surface area contributed by atoms with Crippen molar-refractivity contribution in [1.82, 2.24) is 19.7 Å². The Kier molecular flexibility index (Phi) is 3.26. The fraction of sp³-hybridized carbons (Fsp3) is 0.667. The number of amides is 1.